The van der Waals surface area contributed by atoms with Crippen LogP contribution in [0, 0.1) is 5.82 Å². The first kappa shape index (κ1) is 19.7. The summed E-state index contributed by atoms with van der Waals surface area (Å²) in [5.41, 5.74) is 6.54. The third-order valence-electron chi connectivity index (χ3n) is 6.45. The van der Waals surface area contributed by atoms with Crippen molar-refractivity contribution in [3.8, 4) is 0 Å². The molecule has 31 heavy (non-hydrogen) atoms. The first-order valence-electron chi connectivity index (χ1n) is 10.8. The number of ether oxygens (including phenoxy) is 1. The third kappa shape index (κ3) is 3.58. The highest BCUT2D eigenvalue weighted by molar-refractivity contribution is 5.98. The monoisotopic (exact) mass is 416 g/mol. The van der Waals surface area contributed by atoms with E-state index >= 15 is 0 Å². The van der Waals surface area contributed by atoms with Crippen molar-refractivity contribution in [1.82, 2.24) is 4.98 Å². The molecule has 4 nitrogen and oxygen atoms in total. The average Bonchev–Trinajstić information content (AvgIpc) is 3.20. The normalized spacial score (nSPS) is 18.1. The molecule has 5 heteroatoms. The maximum atomic E-state index is 13.8. The molecule has 0 amide bonds. The van der Waals surface area contributed by atoms with E-state index in [1.807, 2.05) is 18.2 Å². The zero-order valence-corrected chi connectivity index (χ0v) is 17.8. The molecule has 0 radical (unpaired) electrons. The molecule has 2 aromatic carbocycles. The van der Waals surface area contributed by atoms with Gasteiger partial charge in [-0.1, -0.05) is 6.07 Å². The Kier molecular flexibility index (Phi) is 4.97. The zero-order chi connectivity index (χ0) is 21.5. The molecule has 5 rings (SSSR count). The molecule has 1 atom stereocenters. The van der Waals surface area contributed by atoms with Gasteiger partial charge in [0.1, 0.15) is 5.82 Å². The second-order valence-electron chi connectivity index (χ2n) is 8.48. The van der Waals surface area contributed by atoms with Gasteiger partial charge >= 0.3 is 5.97 Å². The van der Waals surface area contributed by atoms with Crippen LogP contribution in [-0.2, 0) is 11.2 Å². The maximum absolute atomic E-state index is 13.8. The Morgan fingerprint density at radius 3 is 2.84 bits per heavy atom. The van der Waals surface area contributed by atoms with Gasteiger partial charge in [-0.15, -0.1) is 0 Å². The Labute approximate surface area is 181 Å². The lowest BCUT2D eigenvalue weighted by atomic mass is 9.98. The lowest BCUT2D eigenvalue weighted by Crippen LogP contribution is -2.38. The molecule has 1 saturated heterocycles. The number of allylic oxidation sites excluding steroid dienone is 1. The molecule has 0 spiro atoms. The van der Waals surface area contributed by atoms with E-state index in [1.165, 1.54) is 19.6 Å². The van der Waals surface area contributed by atoms with Crippen LogP contribution in [0.5, 0.6) is 0 Å². The molecule has 2 heterocycles. The molecule has 0 saturated carbocycles. The van der Waals surface area contributed by atoms with E-state index in [0.717, 1.165) is 58.4 Å². The number of carbonyl (C=O) groups excluding carboxylic acids is 1. The van der Waals surface area contributed by atoms with Gasteiger partial charge < -0.3 is 9.64 Å². The number of nitrogens with zero attached hydrogens (tertiary/aromatic N) is 2. The summed E-state index contributed by atoms with van der Waals surface area (Å²) in [5, 5.41) is 0.918. The highest BCUT2D eigenvalue weighted by Crippen LogP contribution is 2.39. The predicted octanol–water partition coefficient (Wildman–Crippen LogP) is 5.64. The van der Waals surface area contributed by atoms with Crippen LogP contribution in [0.4, 0.5) is 10.1 Å². The minimum Gasteiger partial charge on any atom is -0.465 e. The molecule has 0 N–H and O–H groups in total. The molecule has 1 fully saturated rings. The number of hydrogen-bond acceptors (Lipinski definition) is 4. The summed E-state index contributed by atoms with van der Waals surface area (Å²) in [6.45, 7) is 3.23. The summed E-state index contributed by atoms with van der Waals surface area (Å²) in [6.07, 6.45) is 6.32. The van der Waals surface area contributed by atoms with Gasteiger partial charge in [-0.05, 0) is 85.4 Å². The smallest absolute Gasteiger partial charge is 0.337 e. The summed E-state index contributed by atoms with van der Waals surface area (Å²) in [6, 6.07) is 13.0. The van der Waals surface area contributed by atoms with Crippen LogP contribution in [0.1, 0.15) is 53.4 Å². The molecule has 0 unspecified atom stereocenters. The molecule has 1 aliphatic carbocycles. The number of esters is 1. The van der Waals surface area contributed by atoms with Crippen LogP contribution in [0.2, 0.25) is 0 Å². The fourth-order valence-electron chi connectivity index (χ4n) is 4.79. The van der Waals surface area contributed by atoms with Crippen molar-refractivity contribution in [1.29, 1.82) is 0 Å². The van der Waals surface area contributed by atoms with Crippen molar-refractivity contribution in [3.05, 3.63) is 70.7 Å². The Hall–Kier alpha value is -3.21. The second kappa shape index (κ2) is 7.80. The lowest BCUT2D eigenvalue weighted by molar-refractivity contribution is 0.0601. The molecule has 3 aromatic rings. The molecule has 1 aromatic heterocycles. The minimum atomic E-state index is -0.352. The quantitative estimate of drug-likeness (QED) is 0.519. The van der Waals surface area contributed by atoms with Gasteiger partial charge in [0, 0.05) is 24.4 Å². The van der Waals surface area contributed by atoms with Crippen LogP contribution >= 0.6 is 0 Å². The van der Waals surface area contributed by atoms with Crippen LogP contribution in [0.15, 0.2) is 42.5 Å². The Morgan fingerprint density at radius 2 is 2.03 bits per heavy atom. The topological polar surface area (TPSA) is 42.4 Å². The van der Waals surface area contributed by atoms with Crippen molar-refractivity contribution in [2.24, 2.45) is 0 Å². The van der Waals surface area contributed by atoms with Crippen LogP contribution in [0.3, 0.4) is 0 Å². The number of rotatable bonds is 3. The Morgan fingerprint density at radius 1 is 1.16 bits per heavy atom. The van der Waals surface area contributed by atoms with Gasteiger partial charge in [0.05, 0.1) is 29.6 Å². The SMILES string of the molecule is COC(=O)c1ccc2nc(C3=Cc4ccc(F)cc4C3)c(N3CCCC[C@@H]3C)cc2c1. The summed E-state index contributed by atoms with van der Waals surface area (Å²) in [5.74, 6) is -0.560. The van der Waals surface area contributed by atoms with Gasteiger partial charge in [0.15, 0.2) is 0 Å². The van der Waals surface area contributed by atoms with Crippen molar-refractivity contribution < 1.29 is 13.9 Å². The summed E-state index contributed by atoms with van der Waals surface area (Å²) in [7, 11) is 1.39. The van der Waals surface area contributed by atoms with Gasteiger partial charge in [0.2, 0.25) is 0 Å². The standard InChI is InChI=1S/C26H25FN2O2/c1-16-5-3-4-10-29(16)24-15-20-12-18(26(30)31-2)7-9-23(20)28-25(24)21-11-17-6-8-22(27)14-19(17)13-21/h6-9,11-12,14-16H,3-5,10,13H2,1-2H3/t16-/m0/s1. The summed E-state index contributed by atoms with van der Waals surface area (Å²) in [4.78, 5) is 19.5. The first-order valence-corrected chi connectivity index (χ1v) is 10.8. The van der Waals surface area contributed by atoms with Crippen LogP contribution in [0.25, 0.3) is 22.6 Å². The van der Waals surface area contributed by atoms with Crippen molar-refractivity contribution in [2.75, 3.05) is 18.6 Å². The van der Waals surface area contributed by atoms with Gasteiger partial charge in [-0.2, -0.15) is 0 Å². The number of methoxy groups -OCH3 is 1. The van der Waals surface area contributed by atoms with E-state index < -0.39 is 0 Å². The number of piperidine rings is 1. The number of aromatic nitrogens is 1. The lowest BCUT2D eigenvalue weighted by Gasteiger charge is -2.36. The number of anilines is 1. The number of halogens is 1. The van der Waals surface area contributed by atoms with Gasteiger partial charge in [-0.3, -0.25) is 0 Å². The third-order valence-corrected chi connectivity index (χ3v) is 6.45. The Bertz CT molecular complexity index is 1220. The molecule has 0 bridgehead atoms. The molecular formula is C26H25FN2O2. The van der Waals surface area contributed by atoms with E-state index in [1.54, 1.807) is 12.1 Å². The number of fused-ring (bicyclic) bond motifs is 2. The van der Waals surface area contributed by atoms with Gasteiger partial charge in [-0.25, -0.2) is 14.2 Å². The van der Waals surface area contributed by atoms with Gasteiger partial charge in [0.25, 0.3) is 0 Å². The van der Waals surface area contributed by atoms with E-state index in [-0.39, 0.29) is 11.8 Å². The maximum Gasteiger partial charge on any atom is 0.337 e. The van der Waals surface area contributed by atoms with Crippen LogP contribution in [-0.4, -0.2) is 30.6 Å². The van der Waals surface area contributed by atoms with E-state index in [9.17, 15) is 9.18 Å². The number of hydrogen-bond donors (Lipinski definition) is 0. The summed E-state index contributed by atoms with van der Waals surface area (Å²) < 4.78 is 18.7. The molecular weight excluding hydrogens is 391 g/mol. The minimum absolute atomic E-state index is 0.208. The average molecular weight is 416 g/mol. The summed E-state index contributed by atoms with van der Waals surface area (Å²) >= 11 is 0. The number of benzene rings is 2. The van der Waals surface area contributed by atoms with Crippen LogP contribution < -0.4 is 4.90 Å². The highest BCUT2D eigenvalue weighted by atomic mass is 19.1. The number of pyridine rings is 1. The van der Waals surface area contributed by atoms with Crippen molar-refractivity contribution >= 4 is 34.2 Å². The van der Waals surface area contributed by atoms with E-state index in [2.05, 4.69) is 24.0 Å². The van der Waals surface area contributed by atoms with E-state index in [0.29, 0.717) is 18.0 Å². The zero-order valence-electron chi connectivity index (χ0n) is 17.8. The molecule has 1 aliphatic heterocycles. The highest BCUT2D eigenvalue weighted by Gasteiger charge is 2.26. The first-order chi connectivity index (χ1) is 15.0. The number of carbonyl (C=O) groups is 1. The van der Waals surface area contributed by atoms with Crippen molar-refractivity contribution in [3.63, 3.8) is 0 Å². The largest absolute Gasteiger partial charge is 0.465 e. The van der Waals surface area contributed by atoms with E-state index in [4.69, 9.17) is 9.72 Å². The molecule has 2 aliphatic rings. The Balaban J connectivity index is 1.65. The molecule has 158 valence electrons. The second-order valence-corrected chi connectivity index (χ2v) is 8.48. The fourth-order valence-corrected chi connectivity index (χ4v) is 4.79. The fraction of sp³-hybridized carbons (Fsp3) is 0.308. The predicted molar refractivity (Wildman–Crippen MR) is 122 cm³/mol. The van der Waals surface area contributed by atoms with Crippen molar-refractivity contribution in [2.45, 2.75) is 38.6 Å².